The van der Waals surface area contributed by atoms with E-state index in [0.717, 1.165) is 22.3 Å². The molecule has 2 aromatic heterocycles. The summed E-state index contributed by atoms with van der Waals surface area (Å²) in [5.41, 5.74) is -0.463. The van der Waals surface area contributed by atoms with Crippen LogP contribution < -0.4 is 4.72 Å². The fourth-order valence-corrected chi connectivity index (χ4v) is 3.98. The second-order valence-electron chi connectivity index (χ2n) is 3.94. The standard InChI is InChI=1S/C11H10ClN3O4S2/c1-2-7-3-6-10(20-7)21(18,19)14-11-8(15(16)17)4-5-9(12)13-11/h3-6H,2H2,1H3,(H,13,14). The SMILES string of the molecule is CCc1ccc(S(=O)(=O)Nc2nc(Cl)ccc2[N+](=O)[O-])s1. The molecule has 2 aromatic rings. The summed E-state index contributed by atoms with van der Waals surface area (Å²) in [7, 11) is -3.93. The number of nitrogens with zero attached hydrogens (tertiary/aromatic N) is 2. The van der Waals surface area contributed by atoms with Crippen LogP contribution in [0.5, 0.6) is 0 Å². The number of hydrogen-bond acceptors (Lipinski definition) is 6. The van der Waals surface area contributed by atoms with Crippen molar-refractivity contribution in [3.63, 3.8) is 0 Å². The molecule has 21 heavy (non-hydrogen) atoms. The predicted octanol–water partition coefficient (Wildman–Crippen LogP) is 3.07. The summed E-state index contributed by atoms with van der Waals surface area (Å²) < 4.78 is 26.6. The molecule has 0 saturated heterocycles. The van der Waals surface area contributed by atoms with E-state index in [-0.39, 0.29) is 9.36 Å². The molecule has 0 atom stereocenters. The molecule has 0 aliphatic carbocycles. The van der Waals surface area contributed by atoms with Gasteiger partial charge in [-0.2, -0.15) is 0 Å². The molecule has 112 valence electrons. The second-order valence-corrected chi connectivity index (χ2v) is 7.40. The molecule has 0 saturated carbocycles. The highest BCUT2D eigenvalue weighted by Crippen LogP contribution is 2.28. The van der Waals surface area contributed by atoms with Gasteiger partial charge < -0.3 is 0 Å². The maximum atomic E-state index is 12.2. The summed E-state index contributed by atoms with van der Waals surface area (Å²) in [4.78, 5) is 14.7. The Morgan fingerprint density at radius 2 is 2.10 bits per heavy atom. The maximum Gasteiger partial charge on any atom is 0.312 e. The molecular formula is C11H10ClN3O4S2. The first-order valence-corrected chi connectivity index (χ1v) is 8.43. The van der Waals surface area contributed by atoms with E-state index in [4.69, 9.17) is 11.6 Å². The fraction of sp³-hybridized carbons (Fsp3) is 0.182. The van der Waals surface area contributed by atoms with Crippen LogP contribution in [0.3, 0.4) is 0 Å². The van der Waals surface area contributed by atoms with Crippen LogP contribution in [-0.2, 0) is 16.4 Å². The van der Waals surface area contributed by atoms with E-state index in [1.54, 1.807) is 6.07 Å². The molecular weight excluding hydrogens is 338 g/mol. The van der Waals surface area contributed by atoms with Crippen LogP contribution in [0, 0.1) is 10.1 Å². The smallest absolute Gasteiger partial charge is 0.258 e. The molecule has 1 N–H and O–H groups in total. The number of sulfonamides is 1. The first-order valence-electron chi connectivity index (χ1n) is 5.76. The zero-order valence-corrected chi connectivity index (χ0v) is 13.1. The Hall–Kier alpha value is -1.71. The van der Waals surface area contributed by atoms with Crippen molar-refractivity contribution in [1.82, 2.24) is 4.98 Å². The summed E-state index contributed by atoms with van der Waals surface area (Å²) in [6.45, 7) is 1.90. The number of nitro groups is 1. The first-order chi connectivity index (χ1) is 9.83. The van der Waals surface area contributed by atoms with Crippen LogP contribution in [0.15, 0.2) is 28.5 Å². The lowest BCUT2D eigenvalue weighted by Crippen LogP contribution is -2.14. The van der Waals surface area contributed by atoms with Crippen LogP contribution in [0.2, 0.25) is 5.15 Å². The lowest BCUT2D eigenvalue weighted by Gasteiger charge is -2.06. The van der Waals surface area contributed by atoms with Crippen LogP contribution in [0.4, 0.5) is 11.5 Å². The highest BCUT2D eigenvalue weighted by Gasteiger charge is 2.23. The number of pyridine rings is 1. The first kappa shape index (κ1) is 15.7. The molecule has 0 radical (unpaired) electrons. The average Bonchev–Trinajstić information content (AvgIpc) is 2.87. The fourth-order valence-electron chi connectivity index (χ4n) is 1.52. The van der Waals surface area contributed by atoms with E-state index >= 15 is 0 Å². The van der Waals surface area contributed by atoms with Gasteiger partial charge in [-0.25, -0.2) is 13.4 Å². The summed E-state index contributed by atoms with van der Waals surface area (Å²) in [6.07, 6.45) is 0.704. The van der Waals surface area contributed by atoms with Gasteiger partial charge in [-0.3, -0.25) is 14.8 Å². The van der Waals surface area contributed by atoms with E-state index in [2.05, 4.69) is 9.71 Å². The number of anilines is 1. The van der Waals surface area contributed by atoms with Gasteiger partial charge >= 0.3 is 5.69 Å². The largest absolute Gasteiger partial charge is 0.312 e. The van der Waals surface area contributed by atoms with Gasteiger partial charge in [0, 0.05) is 10.9 Å². The average molecular weight is 348 g/mol. The van der Waals surface area contributed by atoms with Gasteiger partial charge in [-0.05, 0) is 24.6 Å². The molecule has 0 spiro atoms. The molecule has 2 heterocycles. The second kappa shape index (κ2) is 5.96. The molecule has 0 bridgehead atoms. The van der Waals surface area contributed by atoms with E-state index < -0.39 is 26.5 Å². The van der Waals surface area contributed by atoms with Crippen LogP contribution in [-0.4, -0.2) is 18.3 Å². The van der Waals surface area contributed by atoms with Crippen LogP contribution in [0.1, 0.15) is 11.8 Å². The molecule has 0 fully saturated rings. The lowest BCUT2D eigenvalue weighted by atomic mass is 10.4. The lowest BCUT2D eigenvalue weighted by molar-refractivity contribution is -0.384. The van der Waals surface area contributed by atoms with Gasteiger partial charge in [-0.15, -0.1) is 11.3 Å². The number of thiophene rings is 1. The van der Waals surface area contributed by atoms with Crippen molar-refractivity contribution in [2.24, 2.45) is 0 Å². The predicted molar refractivity (Wildman–Crippen MR) is 80.4 cm³/mol. The minimum Gasteiger partial charge on any atom is -0.258 e. The van der Waals surface area contributed by atoms with Gasteiger partial charge in [-0.1, -0.05) is 18.5 Å². The van der Waals surface area contributed by atoms with E-state index in [1.165, 1.54) is 12.1 Å². The molecule has 0 amide bonds. The minimum atomic E-state index is -3.93. The number of aryl methyl sites for hydroxylation is 1. The normalized spacial score (nSPS) is 11.3. The van der Waals surface area contributed by atoms with Crippen molar-refractivity contribution in [2.45, 2.75) is 17.6 Å². The summed E-state index contributed by atoms with van der Waals surface area (Å²) in [5, 5.41) is 10.9. The Kier molecular flexibility index (Phi) is 4.45. The quantitative estimate of drug-likeness (QED) is 0.508. The highest BCUT2D eigenvalue weighted by molar-refractivity contribution is 7.94. The molecule has 2 rings (SSSR count). The maximum absolute atomic E-state index is 12.2. The van der Waals surface area contributed by atoms with Crippen molar-refractivity contribution < 1.29 is 13.3 Å². The molecule has 0 aliphatic rings. The van der Waals surface area contributed by atoms with Crippen molar-refractivity contribution in [3.8, 4) is 0 Å². The monoisotopic (exact) mass is 347 g/mol. The van der Waals surface area contributed by atoms with Gasteiger partial charge in [0.05, 0.1) is 4.92 Å². The zero-order valence-electron chi connectivity index (χ0n) is 10.7. The molecule has 7 nitrogen and oxygen atoms in total. The number of rotatable bonds is 5. The third-order valence-corrected chi connectivity index (χ3v) is 5.79. The van der Waals surface area contributed by atoms with Crippen molar-refractivity contribution >= 4 is 44.5 Å². The molecule has 10 heteroatoms. The van der Waals surface area contributed by atoms with E-state index in [9.17, 15) is 18.5 Å². The van der Waals surface area contributed by atoms with Crippen LogP contribution in [0.25, 0.3) is 0 Å². The van der Waals surface area contributed by atoms with Gasteiger partial charge in [0.25, 0.3) is 10.0 Å². The van der Waals surface area contributed by atoms with Crippen molar-refractivity contribution in [3.05, 3.63) is 44.4 Å². The van der Waals surface area contributed by atoms with Gasteiger partial charge in [0.15, 0.2) is 0 Å². The zero-order chi connectivity index (χ0) is 15.6. The number of halogens is 1. The minimum absolute atomic E-state index is 0.0428. The summed E-state index contributed by atoms with van der Waals surface area (Å²) in [6, 6.07) is 5.46. The Labute approximate surface area is 129 Å². The van der Waals surface area contributed by atoms with Crippen molar-refractivity contribution in [2.75, 3.05) is 4.72 Å². The third-order valence-electron chi connectivity index (χ3n) is 2.52. The molecule has 0 unspecified atom stereocenters. The third kappa shape index (κ3) is 3.49. The number of hydrogen-bond donors (Lipinski definition) is 1. The van der Waals surface area contributed by atoms with Gasteiger partial charge in [0.1, 0.15) is 9.36 Å². The van der Waals surface area contributed by atoms with Crippen molar-refractivity contribution in [1.29, 1.82) is 0 Å². The molecule has 0 aliphatic heterocycles. The number of aromatic nitrogens is 1. The Morgan fingerprint density at radius 3 is 2.67 bits per heavy atom. The van der Waals surface area contributed by atoms with E-state index in [1.807, 2.05) is 6.92 Å². The Balaban J connectivity index is 2.41. The Morgan fingerprint density at radius 1 is 1.38 bits per heavy atom. The van der Waals surface area contributed by atoms with E-state index in [0.29, 0.717) is 6.42 Å². The highest BCUT2D eigenvalue weighted by atomic mass is 35.5. The Bertz CT molecular complexity index is 789. The van der Waals surface area contributed by atoms with Crippen LogP contribution >= 0.6 is 22.9 Å². The summed E-state index contributed by atoms with van der Waals surface area (Å²) >= 11 is 6.75. The number of nitrogens with one attached hydrogen (secondary N) is 1. The topological polar surface area (TPSA) is 102 Å². The van der Waals surface area contributed by atoms with Gasteiger partial charge in [0.2, 0.25) is 5.82 Å². The molecule has 0 aromatic carbocycles. The summed E-state index contributed by atoms with van der Waals surface area (Å²) in [5.74, 6) is -0.404.